The number of amides is 1. The lowest BCUT2D eigenvalue weighted by Gasteiger charge is -2.20. The number of nitrogens with one attached hydrogen (secondary N) is 1. The van der Waals surface area contributed by atoms with Gasteiger partial charge >= 0.3 is 6.09 Å². The summed E-state index contributed by atoms with van der Waals surface area (Å²) in [6.07, 6.45) is -0.447. The second-order valence-electron chi connectivity index (χ2n) is 7.38. The van der Waals surface area contributed by atoms with E-state index < -0.39 is 23.3 Å². The van der Waals surface area contributed by atoms with Crippen molar-refractivity contribution < 1.29 is 27.8 Å². The molecule has 0 aromatic heterocycles. The van der Waals surface area contributed by atoms with E-state index in [1.165, 1.54) is 7.11 Å². The van der Waals surface area contributed by atoms with Gasteiger partial charge in [-0.25, -0.2) is 13.6 Å². The van der Waals surface area contributed by atoms with Crippen LogP contribution in [0.25, 0.3) is 0 Å². The lowest BCUT2D eigenvalue weighted by atomic mass is 10.2. The quantitative estimate of drug-likeness (QED) is 0.678. The van der Waals surface area contributed by atoms with Crippen LogP contribution in [0.15, 0.2) is 18.2 Å². The predicted octanol–water partition coefficient (Wildman–Crippen LogP) is 4.51. The highest BCUT2D eigenvalue weighted by atomic mass is 19.1. The van der Waals surface area contributed by atoms with Crippen LogP contribution in [0, 0.1) is 17.6 Å². The van der Waals surface area contributed by atoms with E-state index >= 15 is 0 Å². The van der Waals surface area contributed by atoms with E-state index in [1.807, 2.05) is 34.6 Å². The fourth-order valence-corrected chi connectivity index (χ4v) is 1.69. The molecule has 1 aromatic rings. The highest BCUT2D eigenvalue weighted by molar-refractivity contribution is 5.67. The fourth-order valence-electron chi connectivity index (χ4n) is 1.69. The minimum atomic E-state index is -0.628. The van der Waals surface area contributed by atoms with Crippen LogP contribution in [0.1, 0.15) is 48.5 Å². The van der Waals surface area contributed by atoms with Gasteiger partial charge in [-0.2, -0.15) is 0 Å². The van der Waals surface area contributed by atoms with Crippen LogP contribution < -0.4 is 15.8 Å². The zero-order valence-electron chi connectivity index (χ0n) is 19.0. The second-order valence-corrected chi connectivity index (χ2v) is 7.38. The molecule has 0 aliphatic heterocycles. The molecule has 0 aliphatic carbocycles. The number of carbonyl (C=O) groups excluding carboxylic acids is 1. The van der Waals surface area contributed by atoms with Crippen molar-refractivity contribution in [2.45, 2.75) is 60.1 Å². The maximum Gasteiger partial charge on any atom is 0.407 e. The molecule has 1 atom stereocenters. The van der Waals surface area contributed by atoms with Crippen molar-refractivity contribution in [3.05, 3.63) is 29.8 Å². The fraction of sp³-hybridized carbons (Fsp3) is 0.667. The maximum absolute atomic E-state index is 12.3. The van der Waals surface area contributed by atoms with Gasteiger partial charge in [-0.3, -0.25) is 0 Å². The molecule has 6 nitrogen and oxygen atoms in total. The third kappa shape index (κ3) is 19.2. The van der Waals surface area contributed by atoms with Crippen LogP contribution >= 0.6 is 0 Å². The molecule has 170 valence electrons. The molecule has 0 heterocycles. The number of rotatable bonds is 7. The Balaban J connectivity index is 0. The molecule has 3 N–H and O–H groups in total. The first-order valence-electron chi connectivity index (χ1n) is 9.73. The molecule has 0 fully saturated rings. The van der Waals surface area contributed by atoms with Gasteiger partial charge in [0.2, 0.25) is 0 Å². The van der Waals surface area contributed by atoms with Crippen LogP contribution in [0.2, 0.25) is 0 Å². The van der Waals surface area contributed by atoms with E-state index in [0.717, 1.165) is 18.2 Å². The number of nitrogens with two attached hydrogens (primary N) is 1. The summed E-state index contributed by atoms with van der Waals surface area (Å²) >= 11 is 0. The van der Waals surface area contributed by atoms with Crippen LogP contribution in [0.4, 0.5) is 13.6 Å². The average Bonchev–Trinajstić information content (AvgIpc) is 2.59. The number of hydrogen-bond donors (Lipinski definition) is 2. The third-order valence-electron chi connectivity index (χ3n) is 2.76. The van der Waals surface area contributed by atoms with E-state index in [9.17, 15) is 13.6 Å². The highest BCUT2D eigenvalue weighted by Crippen LogP contribution is 2.13. The smallest absolute Gasteiger partial charge is 0.407 e. The minimum Gasteiger partial charge on any atom is -0.497 e. The topological polar surface area (TPSA) is 82.8 Å². The van der Waals surface area contributed by atoms with E-state index in [2.05, 4.69) is 23.9 Å². The number of carbonyl (C=O) groups is 1. The minimum absolute atomic E-state index is 0.192. The predicted molar refractivity (Wildman–Crippen MR) is 112 cm³/mol. The van der Waals surface area contributed by atoms with Gasteiger partial charge in [0.1, 0.15) is 23.0 Å². The van der Waals surface area contributed by atoms with Crippen molar-refractivity contribution in [2.24, 2.45) is 11.7 Å². The zero-order chi connectivity index (χ0) is 23.0. The molecular formula is C21H38F2N2O4. The zero-order valence-corrected chi connectivity index (χ0v) is 19.0. The molecule has 8 heteroatoms. The molecule has 1 amide bonds. The van der Waals surface area contributed by atoms with Gasteiger partial charge in [0.25, 0.3) is 0 Å². The number of benzene rings is 1. The molecule has 1 aromatic carbocycles. The first-order chi connectivity index (χ1) is 13.4. The van der Waals surface area contributed by atoms with Crippen LogP contribution in [-0.2, 0) is 9.47 Å². The first-order valence-corrected chi connectivity index (χ1v) is 9.73. The van der Waals surface area contributed by atoms with Crippen LogP contribution in [-0.4, -0.2) is 44.6 Å². The van der Waals surface area contributed by atoms with Gasteiger partial charge in [0.15, 0.2) is 0 Å². The Morgan fingerprint density at radius 2 is 1.62 bits per heavy atom. The number of alkyl carbamates (subject to hydrolysis) is 1. The van der Waals surface area contributed by atoms with Gasteiger partial charge in [-0.05, 0) is 26.7 Å². The monoisotopic (exact) mass is 420 g/mol. The second kappa shape index (κ2) is 15.9. The molecule has 0 spiro atoms. The van der Waals surface area contributed by atoms with Gasteiger partial charge in [-0.15, -0.1) is 0 Å². The van der Waals surface area contributed by atoms with Crippen LogP contribution in [0.3, 0.4) is 0 Å². The number of methoxy groups -OCH3 is 1. The number of halogens is 2. The van der Waals surface area contributed by atoms with Crippen LogP contribution in [0.5, 0.6) is 5.75 Å². The lowest BCUT2D eigenvalue weighted by molar-refractivity contribution is 0.0508. The van der Waals surface area contributed by atoms with Gasteiger partial charge in [0, 0.05) is 37.4 Å². The summed E-state index contributed by atoms with van der Waals surface area (Å²) in [6.45, 7) is 15.1. The summed E-state index contributed by atoms with van der Waals surface area (Å²) in [5.41, 5.74) is 5.29. The Bertz CT molecular complexity index is 544. The van der Waals surface area contributed by atoms with Crippen molar-refractivity contribution in [3.63, 3.8) is 0 Å². The number of hydrogen-bond acceptors (Lipinski definition) is 5. The number of ether oxygens (including phenoxy) is 3. The van der Waals surface area contributed by atoms with E-state index in [-0.39, 0.29) is 11.8 Å². The largest absolute Gasteiger partial charge is 0.497 e. The van der Waals surface area contributed by atoms with Gasteiger partial charge in [-0.1, -0.05) is 27.7 Å². The standard InChI is InChI=1S/C12H26N2O3.C7H6F2O.C2H6/c1-9(2)7-16-8-10(13)6-14-11(15)17-12(3,4)5;1-10-7-3-5(8)2-6(9)4-7;1-2/h9-10H,6-8,13H2,1-5H3,(H,14,15);2-4H,1H3;1-2H3. The Kier molecular flexibility index (Phi) is 16.1. The van der Waals surface area contributed by atoms with Crippen molar-refractivity contribution >= 4 is 6.09 Å². The molecular weight excluding hydrogens is 382 g/mol. The van der Waals surface area contributed by atoms with E-state index in [0.29, 0.717) is 25.7 Å². The Morgan fingerprint density at radius 1 is 1.10 bits per heavy atom. The average molecular weight is 421 g/mol. The lowest BCUT2D eigenvalue weighted by Crippen LogP contribution is -2.42. The molecule has 29 heavy (non-hydrogen) atoms. The summed E-state index contributed by atoms with van der Waals surface area (Å²) in [7, 11) is 1.36. The molecule has 0 radical (unpaired) electrons. The third-order valence-corrected chi connectivity index (χ3v) is 2.76. The van der Waals surface area contributed by atoms with Crippen molar-refractivity contribution in [2.75, 3.05) is 26.9 Å². The highest BCUT2D eigenvalue weighted by Gasteiger charge is 2.16. The summed E-state index contributed by atoms with van der Waals surface area (Å²) in [5, 5.41) is 2.61. The molecule has 1 rings (SSSR count). The van der Waals surface area contributed by atoms with Gasteiger partial charge in [0.05, 0.1) is 13.7 Å². The molecule has 0 saturated carbocycles. The molecule has 0 saturated heterocycles. The van der Waals surface area contributed by atoms with E-state index in [4.69, 9.17) is 15.2 Å². The summed E-state index contributed by atoms with van der Waals surface area (Å²) in [5.74, 6) is -0.577. The van der Waals surface area contributed by atoms with E-state index in [1.54, 1.807) is 0 Å². The van der Waals surface area contributed by atoms with Crippen molar-refractivity contribution in [1.29, 1.82) is 0 Å². The van der Waals surface area contributed by atoms with Gasteiger partial charge < -0.3 is 25.3 Å². The summed E-state index contributed by atoms with van der Waals surface area (Å²) < 4.78 is 39.6. The summed E-state index contributed by atoms with van der Waals surface area (Å²) in [4.78, 5) is 11.3. The van der Waals surface area contributed by atoms with Crippen molar-refractivity contribution in [3.8, 4) is 5.75 Å². The molecule has 1 unspecified atom stereocenters. The Morgan fingerprint density at radius 3 is 2.03 bits per heavy atom. The normalized spacial score (nSPS) is 11.4. The summed E-state index contributed by atoms with van der Waals surface area (Å²) in [6, 6.07) is 2.82. The molecule has 0 bridgehead atoms. The SMILES string of the molecule is CC.CC(C)COCC(N)CNC(=O)OC(C)(C)C.COc1cc(F)cc(F)c1. The molecule has 0 aliphatic rings. The Labute approximate surface area is 174 Å². The Hall–Kier alpha value is -1.93. The maximum atomic E-state index is 12.3. The van der Waals surface area contributed by atoms with Crippen molar-refractivity contribution in [1.82, 2.24) is 5.32 Å². The first kappa shape index (κ1) is 29.3.